The molecule has 2 heteroatoms. The molecule has 0 fully saturated rings. The molecule has 34 heavy (non-hydrogen) atoms. The van der Waals surface area contributed by atoms with Crippen LogP contribution in [0.5, 0.6) is 0 Å². The van der Waals surface area contributed by atoms with Gasteiger partial charge in [0.1, 0.15) is 0 Å². The number of para-hydroxylation sites is 3. The second-order valence-electron chi connectivity index (χ2n) is 7.57. The second-order valence-corrected chi connectivity index (χ2v) is 7.57. The molecule has 170 valence electrons. The molecular formula is C32H32N2. The van der Waals surface area contributed by atoms with Crippen molar-refractivity contribution in [1.82, 2.24) is 9.13 Å². The van der Waals surface area contributed by atoms with Gasteiger partial charge in [-0.15, -0.1) is 0 Å². The topological polar surface area (TPSA) is 9.86 Å². The molecule has 0 radical (unpaired) electrons. The molecule has 0 unspecified atom stereocenters. The van der Waals surface area contributed by atoms with E-state index in [1.165, 1.54) is 54.7 Å². The van der Waals surface area contributed by atoms with Crippen molar-refractivity contribution in [3.8, 4) is 11.1 Å². The summed E-state index contributed by atoms with van der Waals surface area (Å²) >= 11 is 0. The Bertz CT molecular complexity index is 1630. The molecule has 0 amide bonds. The Morgan fingerprint density at radius 2 is 1.06 bits per heavy atom. The van der Waals surface area contributed by atoms with Gasteiger partial charge in [0.25, 0.3) is 0 Å². The molecule has 0 aliphatic rings. The molecule has 0 aliphatic heterocycles. The number of hydrogen-bond acceptors (Lipinski definition) is 0. The van der Waals surface area contributed by atoms with E-state index in [1.54, 1.807) is 0 Å². The third-order valence-corrected chi connectivity index (χ3v) is 6.12. The minimum atomic E-state index is 1.17. The van der Waals surface area contributed by atoms with E-state index in [1.807, 2.05) is 40.1 Å². The van der Waals surface area contributed by atoms with Gasteiger partial charge in [-0.1, -0.05) is 102 Å². The number of rotatable bonds is 3. The Morgan fingerprint density at radius 3 is 1.71 bits per heavy atom. The first-order chi connectivity index (χ1) is 16.8. The summed E-state index contributed by atoms with van der Waals surface area (Å²) in [6.45, 7) is 16.1. The standard InChI is InChI=1S/C28H20N2.2C2H6/c1-3-29-25-14-7-6-11-22(25)24-18-19(16-17-27(24)29)20-12-9-13-23-21-10-5-8-15-26(21)30(4-2)28(20)23;2*1-2/h3-18H,1-2H2;2*1-2H3. The number of nitrogens with zero attached hydrogens (tertiary/aromatic N) is 2. The van der Waals surface area contributed by atoms with Crippen molar-refractivity contribution in [3.63, 3.8) is 0 Å². The monoisotopic (exact) mass is 444 g/mol. The largest absolute Gasteiger partial charge is 0.317 e. The van der Waals surface area contributed by atoms with E-state index < -0.39 is 0 Å². The van der Waals surface area contributed by atoms with Crippen LogP contribution in [0, 0.1) is 0 Å². The summed E-state index contributed by atoms with van der Waals surface area (Å²) in [6, 6.07) is 30.3. The van der Waals surface area contributed by atoms with Gasteiger partial charge in [-0.25, -0.2) is 0 Å². The molecule has 0 saturated carbocycles. The van der Waals surface area contributed by atoms with Crippen LogP contribution in [0.1, 0.15) is 27.7 Å². The predicted molar refractivity (Wildman–Crippen MR) is 153 cm³/mol. The van der Waals surface area contributed by atoms with Gasteiger partial charge in [0.05, 0.1) is 22.1 Å². The first-order valence-corrected chi connectivity index (χ1v) is 12.1. The molecule has 0 aliphatic carbocycles. The Labute approximate surface area is 202 Å². The zero-order valence-electron chi connectivity index (χ0n) is 20.5. The van der Waals surface area contributed by atoms with Crippen LogP contribution < -0.4 is 0 Å². The van der Waals surface area contributed by atoms with Crippen LogP contribution in [0.15, 0.2) is 98.1 Å². The van der Waals surface area contributed by atoms with Crippen LogP contribution in [0.3, 0.4) is 0 Å². The Kier molecular flexibility index (Phi) is 6.70. The molecule has 2 heterocycles. The van der Waals surface area contributed by atoms with Crippen molar-refractivity contribution in [2.75, 3.05) is 0 Å². The maximum atomic E-state index is 4.09. The van der Waals surface area contributed by atoms with Crippen LogP contribution in [-0.2, 0) is 0 Å². The van der Waals surface area contributed by atoms with Crippen molar-refractivity contribution >= 4 is 56.0 Å². The number of benzene rings is 4. The van der Waals surface area contributed by atoms with E-state index in [-0.39, 0.29) is 0 Å². The molecule has 0 N–H and O–H groups in total. The summed E-state index contributed by atoms with van der Waals surface area (Å²) in [6.07, 6.45) is 3.80. The zero-order chi connectivity index (χ0) is 24.2. The molecule has 0 atom stereocenters. The molecular weight excluding hydrogens is 412 g/mol. The van der Waals surface area contributed by atoms with Gasteiger partial charge in [-0.2, -0.15) is 0 Å². The van der Waals surface area contributed by atoms with E-state index in [9.17, 15) is 0 Å². The summed E-state index contributed by atoms with van der Waals surface area (Å²) in [5.41, 5.74) is 7.14. The Hall–Kier alpha value is -4.04. The van der Waals surface area contributed by atoms with Crippen molar-refractivity contribution < 1.29 is 0 Å². The first-order valence-electron chi connectivity index (χ1n) is 12.1. The highest BCUT2D eigenvalue weighted by Gasteiger charge is 2.15. The fourth-order valence-electron chi connectivity index (χ4n) is 4.84. The normalized spacial score (nSPS) is 10.6. The van der Waals surface area contributed by atoms with Gasteiger partial charge in [0.15, 0.2) is 0 Å². The minimum Gasteiger partial charge on any atom is -0.317 e. The smallest absolute Gasteiger partial charge is 0.0613 e. The lowest BCUT2D eigenvalue weighted by atomic mass is 10.00. The molecule has 0 bridgehead atoms. The third-order valence-electron chi connectivity index (χ3n) is 6.12. The van der Waals surface area contributed by atoms with Gasteiger partial charge in [0.2, 0.25) is 0 Å². The van der Waals surface area contributed by atoms with E-state index in [0.29, 0.717) is 0 Å². The summed E-state index contributed by atoms with van der Waals surface area (Å²) in [4.78, 5) is 0. The molecule has 0 spiro atoms. The summed E-state index contributed by atoms with van der Waals surface area (Å²) in [5, 5.41) is 4.97. The first kappa shape index (κ1) is 23.1. The summed E-state index contributed by atoms with van der Waals surface area (Å²) in [7, 11) is 0. The number of aromatic nitrogens is 2. The highest BCUT2D eigenvalue weighted by atomic mass is 15.0. The molecule has 6 rings (SSSR count). The second kappa shape index (κ2) is 9.84. The minimum absolute atomic E-state index is 1.17. The van der Waals surface area contributed by atoms with Crippen molar-refractivity contribution in [2.24, 2.45) is 0 Å². The fraction of sp³-hybridized carbons (Fsp3) is 0.125. The van der Waals surface area contributed by atoms with Gasteiger partial charge in [0, 0.05) is 39.5 Å². The van der Waals surface area contributed by atoms with E-state index in [4.69, 9.17) is 0 Å². The maximum Gasteiger partial charge on any atom is 0.0613 e. The third kappa shape index (κ3) is 3.43. The van der Waals surface area contributed by atoms with E-state index >= 15 is 0 Å². The van der Waals surface area contributed by atoms with Crippen LogP contribution in [0.2, 0.25) is 0 Å². The highest BCUT2D eigenvalue weighted by molar-refractivity contribution is 6.15. The van der Waals surface area contributed by atoms with E-state index in [0.717, 1.165) is 0 Å². The summed E-state index contributed by atoms with van der Waals surface area (Å²) in [5.74, 6) is 0. The van der Waals surface area contributed by atoms with Crippen LogP contribution in [0.25, 0.3) is 67.1 Å². The molecule has 0 saturated heterocycles. The Balaban J connectivity index is 0.000000652. The lowest BCUT2D eigenvalue weighted by molar-refractivity contribution is 1.29. The van der Waals surface area contributed by atoms with Crippen LogP contribution >= 0.6 is 0 Å². The fourth-order valence-corrected chi connectivity index (χ4v) is 4.84. The lowest BCUT2D eigenvalue weighted by Crippen LogP contribution is -1.89. The average Bonchev–Trinajstić information content (AvgIpc) is 3.43. The van der Waals surface area contributed by atoms with Gasteiger partial charge < -0.3 is 9.13 Å². The van der Waals surface area contributed by atoms with Crippen LogP contribution in [-0.4, -0.2) is 9.13 Å². The van der Waals surface area contributed by atoms with Gasteiger partial charge in [-0.05, 0) is 29.8 Å². The van der Waals surface area contributed by atoms with Crippen molar-refractivity contribution in [3.05, 3.63) is 98.1 Å². The predicted octanol–water partition coefficient (Wildman–Crippen LogP) is 9.82. The molecule has 6 aromatic rings. The SMILES string of the molecule is C=Cn1c2ccccc2c2cc(-c3cccc4c5ccccc5n(C=C)c34)ccc21.CC.CC. The highest BCUT2D eigenvalue weighted by Crippen LogP contribution is 2.38. The quantitative estimate of drug-likeness (QED) is 0.257. The van der Waals surface area contributed by atoms with Crippen molar-refractivity contribution in [1.29, 1.82) is 0 Å². The summed E-state index contributed by atoms with van der Waals surface area (Å²) < 4.78 is 4.37. The van der Waals surface area contributed by atoms with Gasteiger partial charge in [-0.3, -0.25) is 0 Å². The molecule has 2 aromatic heterocycles. The maximum absolute atomic E-state index is 4.09. The number of fused-ring (bicyclic) bond motifs is 6. The average molecular weight is 445 g/mol. The van der Waals surface area contributed by atoms with Crippen molar-refractivity contribution in [2.45, 2.75) is 27.7 Å². The van der Waals surface area contributed by atoms with Gasteiger partial charge >= 0.3 is 0 Å². The van der Waals surface area contributed by atoms with E-state index in [2.05, 4.69) is 107 Å². The Morgan fingerprint density at radius 1 is 0.529 bits per heavy atom. The van der Waals surface area contributed by atoms with Crippen LogP contribution in [0.4, 0.5) is 0 Å². The lowest BCUT2D eigenvalue weighted by Gasteiger charge is -2.08. The number of hydrogen-bond donors (Lipinski definition) is 0. The molecule has 4 aromatic carbocycles. The molecule has 2 nitrogen and oxygen atoms in total. The zero-order valence-corrected chi connectivity index (χ0v) is 20.5.